The Balaban J connectivity index is 1.42. The summed E-state index contributed by atoms with van der Waals surface area (Å²) in [5, 5.41) is 8.34. The lowest BCUT2D eigenvalue weighted by atomic mass is 9.87. The van der Waals surface area contributed by atoms with E-state index in [0.29, 0.717) is 11.4 Å². The Morgan fingerprint density at radius 2 is 1.62 bits per heavy atom. The Labute approximate surface area is 203 Å². The maximum Gasteiger partial charge on any atom is 0.256 e. The second-order valence-corrected chi connectivity index (χ2v) is 10.4. The van der Waals surface area contributed by atoms with E-state index in [-0.39, 0.29) is 11.3 Å². The number of aryl methyl sites for hydroxylation is 1. The molecule has 5 nitrogen and oxygen atoms in total. The van der Waals surface area contributed by atoms with E-state index in [4.69, 9.17) is 4.98 Å². The van der Waals surface area contributed by atoms with Crippen molar-refractivity contribution in [1.29, 1.82) is 0 Å². The number of anilines is 1. The minimum Gasteiger partial charge on any atom is -0.306 e. The predicted octanol–water partition coefficient (Wildman–Crippen LogP) is 7.01. The van der Waals surface area contributed by atoms with Gasteiger partial charge in [0.1, 0.15) is 5.82 Å². The minimum atomic E-state index is -0.183. The largest absolute Gasteiger partial charge is 0.306 e. The third-order valence-corrected chi connectivity index (χ3v) is 6.75. The maximum absolute atomic E-state index is 13.0. The van der Waals surface area contributed by atoms with E-state index in [9.17, 15) is 4.79 Å². The number of nitrogens with zero attached hydrogens (tertiary/aromatic N) is 3. The molecule has 0 radical (unpaired) electrons. The Kier molecular flexibility index (Phi) is 5.54. The van der Waals surface area contributed by atoms with Crippen LogP contribution in [0.2, 0.25) is 0 Å². The van der Waals surface area contributed by atoms with Crippen molar-refractivity contribution in [2.24, 2.45) is 0 Å². The van der Waals surface area contributed by atoms with Crippen LogP contribution in [0.5, 0.6) is 0 Å². The minimum absolute atomic E-state index is 0.0653. The van der Waals surface area contributed by atoms with E-state index in [0.717, 1.165) is 32.2 Å². The molecule has 0 aliphatic rings. The summed E-state index contributed by atoms with van der Waals surface area (Å²) < 4.78 is 2.82. The van der Waals surface area contributed by atoms with E-state index >= 15 is 0 Å². The highest BCUT2D eigenvalue weighted by Gasteiger charge is 2.18. The zero-order valence-corrected chi connectivity index (χ0v) is 20.5. The van der Waals surface area contributed by atoms with Crippen molar-refractivity contribution in [1.82, 2.24) is 14.8 Å². The van der Waals surface area contributed by atoms with Gasteiger partial charge in [0, 0.05) is 11.6 Å². The number of aromatic nitrogens is 3. The van der Waals surface area contributed by atoms with Crippen LogP contribution in [0.4, 0.5) is 5.82 Å². The maximum atomic E-state index is 13.0. The average molecular weight is 467 g/mol. The van der Waals surface area contributed by atoms with Crippen LogP contribution in [0.25, 0.3) is 26.5 Å². The van der Waals surface area contributed by atoms with Crippen LogP contribution < -0.4 is 5.32 Å². The summed E-state index contributed by atoms with van der Waals surface area (Å²) >= 11 is 1.57. The van der Waals surface area contributed by atoms with Crippen molar-refractivity contribution < 1.29 is 4.79 Å². The number of amides is 1. The highest BCUT2D eigenvalue weighted by atomic mass is 32.1. The van der Waals surface area contributed by atoms with Crippen molar-refractivity contribution in [2.75, 3.05) is 5.32 Å². The molecule has 5 aromatic rings. The van der Waals surface area contributed by atoms with Crippen molar-refractivity contribution in [3.63, 3.8) is 0 Å². The number of hydrogen-bond acceptors (Lipinski definition) is 4. The number of fused-ring (bicyclic) bond motifs is 1. The molecule has 5 rings (SSSR count). The van der Waals surface area contributed by atoms with Gasteiger partial charge in [0.05, 0.1) is 15.9 Å². The molecule has 34 heavy (non-hydrogen) atoms. The van der Waals surface area contributed by atoms with Gasteiger partial charge in [0.25, 0.3) is 5.91 Å². The molecular formula is C28H26N4OS. The summed E-state index contributed by atoms with van der Waals surface area (Å²) in [6, 6.07) is 26.0. The van der Waals surface area contributed by atoms with Gasteiger partial charge in [0.2, 0.25) is 5.13 Å². The molecule has 170 valence electrons. The number of benzene rings is 3. The molecule has 1 amide bonds. The lowest BCUT2D eigenvalue weighted by Crippen LogP contribution is -2.15. The average Bonchev–Trinajstić information content (AvgIpc) is 3.41. The highest BCUT2D eigenvalue weighted by molar-refractivity contribution is 7.20. The molecular weight excluding hydrogens is 440 g/mol. The van der Waals surface area contributed by atoms with Crippen LogP contribution in [-0.2, 0) is 5.41 Å². The van der Waals surface area contributed by atoms with E-state index in [1.54, 1.807) is 16.0 Å². The molecule has 0 spiro atoms. The smallest absolute Gasteiger partial charge is 0.256 e. The van der Waals surface area contributed by atoms with Gasteiger partial charge in [0.15, 0.2) is 0 Å². The quantitative estimate of drug-likeness (QED) is 0.310. The topological polar surface area (TPSA) is 59.8 Å². The van der Waals surface area contributed by atoms with Gasteiger partial charge in [-0.05, 0) is 53.3 Å². The summed E-state index contributed by atoms with van der Waals surface area (Å²) in [6.45, 7) is 8.51. The lowest BCUT2D eigenvalue weighted by molar-refractivity contribution is 0.102. The number of nitrogens with one attached hydrogen (secondary N) is 1. The second kappa shape index (κ2) is 8.54. The summed E-state index contributed by atoms with van der Waals surface area (Å²) in [6.07, 6.45) is 0. The summed E-state index contributed by atoms with van der Waals surface area (Å²) in [5.41, 5.74) is 5.84. The molecule has 0 aliphatic heterocycles. The molecule has 6 heteroatoms. The zero-order valence-electron chi connectivity index (χ0n) is 19.7. The van der Waals surface area contributed by atoms with Crippen LogP contribution in [0, 0.1) is 6.92 Å². The van der Waals surface area contributed by atoms with Crippen LogP contribution in [0.15, 0.2) is 78.9 Å². The van der Waals surface area contributed by atoms with Gasteiger partial charge >= 0.3 is 0 Å². The zero-order chi connectivity index (χ0) is 23.9. The van der Waals surface area contributed by atoms with Crippen LogP contribution >= 0.6 is 11.3 Å². The first-order valence-corrected chi connectivity index (χ1v) is 12.0. The number of rotatable bonds is 4. The SMILES string of the molecule is Cc1cc(NC(=O)c2ccc(-c3ccccc3)cc2)n(-c2nc3ccc(C(C)(C)C)cc3s2)n1. The molecule has 1 N–H and O–H groups in total. The molecule has 0 bridgehead atoms. The van der Waals surface area contributed by atoms with Crippen LogP contribution in [0.1, 0.15) is 42.4 Å². The molecule has 0 unspecified atom stereocenters. The molecule has 2 heterocycles. The van der Waals surface area contributed by atoms with Crippen LogP contribution in [-0.4, -0.2) is 20.7 Å². The van der Waals surface area contributed by atoms with E-state index in [2.05, 4.69) is 61.5 Å². The van der Waals surface area contributed by atoms with Crippen molar-refractivity contribution in [3.05, 3.63) is 95.7 Å². The number of thiazole rings is 1. The third-order valence-electron chi connectivity index (χ3n) is 5.75. The van der Waals surface area contributed by atoms with Crippen LogP contribution in [0.3, 0.4) is 0 Å². The van der Waals surface area contributed by atoms with E-state index in [1.807, 2.05) is 55.5 Å². The van der Waals surface area contributed by atoms with Gasteiger partial charge in [-0.3, -0.25) is 4.79 Å². The molecule has 0 aliphatic carbocycles. The molecule has 2 aromatic heterocycles. The van der Waals surface area contributed by atoms with Gasteiger partial charge in [-0.15, -0.1) is 0 Å². The van der Waals surface area contributed by atoms with Gasteiger partial charge in [-0.1, -0.05) is 80.6 Å². The Hall–Kier alpha value is -3.77. The van der Waals surface area contributed by atoms with Gasteiger partial charge < -0.3 is 5.32 Å². The van der Waals surface area contributed by atoms with Gasteiger partial charge in [-0.25, -0.2) is 4.98 Å². The second-order valence-electron chi connectivity index (χ2n) is 9.41. The van der Waals surface area contributed by atoms with Crippen molar-refractivity contribution in [3.8, 4) is 16.3 Å². The molecule has 0 fully saturated rings. The first-order valence-electron chi connectivity index (χ1n) is 11.2. The number of carbonyl (C=O) groups excluding carboxylic acids is 1. The standard InChI is InChI=1S/C28H26N4OS/c1-18-16-25(30-26(33)21-12-10-20(11-13-21)19-8-6-5-7-9-19)32(31-18)27-29-23-15-14-22(28(2,3)4)17-24(23)34-27/h5-17H,1-4H3,(H,30,33). The third kappa shape index (κ3) is 4.37. The van der Waals surface area contributed by atoms with E-state index in [1.165, 1.54) is 5.56 Å². The molecule has 0 atom stereocenters. The lowest BCUT2D eigenvalue weighted by Gasteiger charge is -2.18. The first-order chi connectivity index (χ1) is 16.3. The number of carbonyl (C=O) groups is 1. The monoisotopic (exact) mass is 466 g/mol. The summed E-state index contributed by atoms with van der Waals surface area (Å²) in [4.78, 5) is 17.8. The number of hydrogen-bond donors (Lipinski definition) is 1. The Morgan fingerprint density at radius 1 is 0.912 bits per heavy atom. The molecule has 0 saturated heterocycles. The fourth-order valence-corrected chi connectivity index (χ4v) is 4.81. The summed E-state index contributed by atoms with van der Waals surface area (Å²) in [5.74, 6) is 0.418. The van der Waals surface area contributed by atoms with Gasteiger partial charge in [-0.2, -0.15) is 9.78 Å². The Bertz CT molecular complexity index is 1470. The highest BCUT2D eigenvalue weighted by Crippen LogP contribution is 2.32. The fourth-order valence-electron chi connectivity index (χ4n) is 3.84. The van der Waals surface area contributed by atoms with Crippen molar-refractivity contribution in [2.45, 2.75) is 33.1 Å². The molecule has 0 saturated carbocycles. The van der Waals surface area contributed by atoms with Crippen molar-refractivity contribution >= 4 is 33.3 Å². The predicted molar refractivity (Wildman–Crippen MR) is 140 cm³/mol. The van der Waals surface area contributed by atoms with E-state index < -0.39 is 0 Å². The normalized spacial score (nSPS) is 11.6. The first kappa shape index (κ1) is 22.0. The Morgan fingerprint density at radius 3 is 2.32 bits per heavy atom. The fraction of sp³-hybridized carbons (Fsp3) is 0.179. The molecule has 3 aromatic carbocycles. The summed E-state index contributed by atoms with van der Waals surface area (Å²) in [7, 11) is 0.